The first-order chi connectivity index (χ1) is 9.97. The molecular weight excluding hydrogens is 298 g/mol. The lowest BCUT2D eigenvalue weighted by Gasteiger charge is -2.13. The second kappa shape index (κ2) is 4.78. The van der Waals surface area contributed by atoms with Crippen LogP contribution in [0.5, 0.6) is 0 Å². The molecule has 0 bridgehead atoms. The van der Waals surface area contributed by atoms with E-state index in [1.54, 1.807) is 25.1 Å². The van der Waals surface area contributed by atoms with Gasteiger partial charge in [-0.15, -0.1) is 0 Å². The summed E-state index contributed by atoms with van der Waals surface area (Å²) in [5.74, 6) is -1.06. The number of aryl methyl sites for hydroxylation is 1. The van der Waals surface area contributed by atoms with E-state index in [1.165, 1.54) is 0 Å². The maximum absolute atomic E-state index is 12.2. The number of rotatable bonds is 2. The van der Waals surface area contributed by atoms with Crippen molar-refractivity contribution in [2.45, 2.75) is 6.92 Å². The highest BCUT2D eigenvalue weighted by molar-refractivity contribution is 6.35. The molecule has 0 unspecified atom stereocenters. The van der Waals surface area contributed by atoms with E-state index in [0.29, 0.717) is 16.2 Å². The molecule has 1 fully saturated rings. The largest absolute Gasteiger partial charge is 0.449 e. The third kappa shape index (κ3) is 2.21. The Morgan fingerprint density at radius 1 is 1.43 bits per heavy atom. The fourth-order valence-corrected chi connectivity index (χ4v) is 2.34. The number of carbonyl (C=O) groups is 3. The Balaban J connectivity index is 1.92. The predicted molar refractivity (Wildman–Crippen MR) is 73.7 cm³/mol. The molecule has 108 valence electrons. The van der Waals surface area contributed by atoms with Crippen LogP contribution in [0.4, 0.5) is 4.79 Å². The molecular formula is C13H10ClN3O4. The molecule has 1 aliphatic rings. The van der Waals surface area contributed by atoms with Gasteiger partial charge < -0.3 is 4.42 Å². The normalized spacial score (nSPS) is 14.7. The highest BCUT2D eigenvalue weighted by atomic mass is 35.5. The number of imide groups is 1. The van der Waals surface area contributed by atoms with Gasteiger partial charge in [0.1, 0.15) is 6.54 Å². The van der Waals surface area contributed by atoms with Crippen molar-refractivity contribution in [2.24, 2.45) is 0 Å². The summed E-state index contributed by atoms with van der Waals surface area (Å²) in [4.78, 5) is 34.6. The molecule has 8 heteroatoms. The maximum atomic E-state index is 12.2. The van der Waals surface area contributed by atoms with Gasteiger partial charge >= 0.3 is 11.9 Å². The van der Waals surface area contributed by atoms with Crippen LogP contribution in [-0.4, -0.2) is 29.4 Å². The third-order valence-corrected chi connectivity index (χ3v) is 3.45. The Labute approximate surface area is 123 Å². The van der Waals surface area contributed by atoms with Gasteiger partial charge in [-0.25, -0.2) is 9.80 Å². The highest BCUT2D eigenvalue weighted by Gasteiger charge is 2.30. The molecule has 2 N–H and O–H groups in total. The number of fused-ring (bicyclic) bond motifs is 1. The fourth-order valence-electron chi connectivity index (χ4n) is 2.13. The van der Waals surface area contributed by atoms with Gasteiger partial charge in [0, 0.05) is 10.9 Å². The van der Waals surface area contributed by atoms with E-state index in [4.69, 9.17) is 16.0 Å². The van der Waals surface area contributed by atoms with Crippen LogP contribution < -0.4 is 10.7 Å². The van der Waals surface area contributed by atoms with Gasteiger partial charge in [-0.05, 0) is 13.0 Å². The van der Waals surface area contributed by atoms with Gasteiger partial charge in [0.05, 0.1) is 5.02 Å². The number of furan rings is 1. The first-order valence-corrected chi connectivity index (χ1v) is 6.45. The lowest BCUT2D eigenvalue weighted by Crippen LogP contribution is -2.44. The molecule has 1 saturated heterocycles. The SMILES string of the molecule is Cc1c(C(=O)NN2CC(=O)NC2=O)oc2c(Cl)cccc12. The molecule has 0 saturated carbocycles. The van der Waals surface area contributed by atoms with Crippen LogP contribution in [0.3, 0.4) is 0 Å². The molecule has 4 amide bonds. The van der Waals surface area contributed by atoms with Gasteiger partial charge in [0.15, 0.2) is 11.3 Å². The number of nitrogens with one attached hydrogen (secondary N) is 2. The van der Waals surface area contributed by atoms with Crippen molar-refractivity contribution in [1.29, 1.82) is 0 Å². The fraction of sp³-hybridized carbons (Fsp3) is 0.154. The smallest absolute Gasteiger partial charge is 0.343 e. The molecule has 3 rings (SSSR count). The number of hydrogen-bond acceptors (Lipinski definition) is 4. The lowest BCUT2D eigenvalue weighted by atomic mass is 10.1. The van der Waals surface area contributed by atoms with Crippen LogP contribution >= 0.6 is 11.6 Å². The van der Waals surface area contributed by atoms with E-state index in [0.717, 1.165) is 10.4 Å². The summed E-state index contributed by atoms with van der Waals surface area (Å²) in [5.41, 5.74) is 3.33. The van der Waals surface area contributed by atoms with Crippen LogP contribution in [0.25, 0.3) is 11.0 Å². The number of halogens is 1. The summed E-state index contributed by atoms with van der Waals surface area (Å²) < 4.78 is 5.48. The molecule has 1 aromatic carbocycles. The number of amides is 4. The molecule has 1 aromatic heterocycles. The summed E-state index contributed by atoms with van der Waals surface area (Å²) in [5, 5.41) is 4.05. The number of carbonyl (C=O) groups excluding carboxylic acids is 3. The standard InChI is InChI=1S/C13H10ClN3O4/c1-6-7-3-2-4-8(14)11(7)21-10(6)12(19)16-17-5-9(18)15-13(17)20/h2-4H,5H2,1H3,(H,16,19)(H,15,18,20). The van der Waals surface area contributed by atoms with Gasteiger partial charge in [-0.1, -0.05) is 23.7 Å². The number of hydrazine groups is 1. The van der Waals surface area contributed by atoms with Crippen molar-refractivity contribution in [3.63, 3.8) is 0 Å². The van der Waals surface area contributed by atoms with Crippen molar-refractivity contribution in [2.75, 3.05) is 6.54 Å². The van der Waals surface area contributed by atoms with E-state index < -0.39 is 17.8 Å². The summed E-state index contributed by atoms with van der Waals surface area (Å²) >= 11 is 6.01. The van der Waals surface area contributed by atoms with E-state index >= 15 is 0 Å². The number of hydrogen-bond donors (Lipinski definition) is 2. The molecule has 7 nitrogen and oxygen atoms in total. The number of urea groups is 1. The Bertz CT molecular complexity index is 783. The maximum Gasteiger partial charge on any atom is 0.343 e. The van der Waals surface area contributed by atoms with E-state index in [9.17, 15) is 14.4 Å². The van der Waals surface area contributed by atoms with Crippen molar-refractivity contribution in [3.8, 4) is 0 Å². The minimum Gasteiger partial charge on any atom is -0.449 e. The van der Waals surface area contributed by atoms with Crippen LogP contribution in [0.1, 0.15) is 16.1 Å². The third-order valence-electron chi connectivity index (χ3n) is 3.15. The Hall–Kier alpha value is -2.54. The molecule has 21 heavy (non-hydrogen) atoms. The highest BCUT2D eigenvalue weighted by Crippen LogP contribution is 2.30. The van der Waals surface area contributed by atoms with Gasteiger partial charge in [0.25, 0.3) is 0 Å². The number of nitrogens with zero attached hydrogens (tertiary/aromatic N) is 1. The molecule has 0 atom stereocenters. The summed E-state index contributed by atoms with van der Waals surface area (Å²) in [7, 11) is 0. The molecule has 2 aromatic rings. The predicted octanol–water partition coefficient (Wildman–Crippen LogP) is 1.59. The molecule has 1 aliphatic heterocycles. The topological polar surface area (TPSA) is 91.7 Å². The summed E-state index contributed by atoms with van der Waals surface area (Å²) in [6.07, 6.45) is 0. The van der Waals surface area contributed by atoms with E-state index in [-0.39, 0.29) is 12.3 Å². The zero-order valence-electron chi connectivity index (χ0n) is 10.9. The Morgan fingerprint density at radius 3 is 2.81 bits per heavy atom. The van der Waals surface area contributed by atoms with Gasteiger partial charge in [-0.2, -0.15) is 0 Å². The second-order valence-corrected chi connectivity index (χ2v) is 4.96. The van der Waals surface area contributed by atoms with Crippen LogP contribution in [0, 0.1) is 6.92 Å². The molecule has 0 aliphatic carbocycles. The average Bonchev–Trinajstić information content (AvgIpc) is 2.92. The molecule has 0 spiro atoms. The van der Waals surface area contributed by atoms with Crippen LogP contribution in [0.2, 0.25) is 5.02 Å². The Kier molecular flexibility index (Phi) is 3.06. The van der Waals surface area contributed by atoms with Crippen molar-refractivity contribution in [3.05, 3.63) is 34.5 Å². The number of benzene rings is 1. The Morgan fingerprint density at radius 2 is 2.19 bits per heavy atom. The van der Waals surface area contributed by atoms with E-state index in [1.807, 2.05) is 0 Å². The van der Waals surface area contributed by atoms with Gasteiger partial charge in [-0.3, -0.25) is 20.3 Å². The van der Waals surface area contributed by atoms with Crippen molar-refractivity contribution < 1.29 is 18.8 Å². The molecule has 2 heterocycles. The van der Waals surface area contributed by atoms with E-state index in [2.05, 4.69) is 10.7 Å². The first-order valence-electron chi connectivity index (χ1n) is 6.07. The average molecular weight is 308 g/mol. The zero-order chi connectivity index (χ0) is 15.1. The summed E-state index contributed by atoms with van der Waals surface area (Å²) in [6, 6.07) is 4.51. The van der Waals surface area contributed by atoms with Crippen LogP contribution in [0.15, 0.2) is 22.6 Å². The second-order valence-electron chi connectivity index (χ2n) is 4.55. The zero-order valence-corrected chi connectivity index (χ0v) is 11.7. The number of para-hydroxylation sites is 1. The van der Waals surface area contributed by atoms with Crippen LogP contribution in [-0.2, 0) is 4.79 Å². The summed E-state index contributed by atoms with van der Waals surface area (Å²) in [6.45, 7) is 1.48. The monoisotopic (exact) mass is 307 g/mol. The van der Waals surface area contributed by atoms with Crippen molar-refractivity contribution >= 4 is 40.4 Å². The van der Waals surface area contributed by atoms with Gasteiger partial charge in [0.2, 0.25) is 5.91 Å². The lowest BCUT2D eigenvalue weighted by molar-refractivity contribution is -0.118. The van der Waals surface area contributed by atoms with Crippen molar-refractivity contribution in [1.82, 2.24) is 15.8 Å². The minimum atomic E-state index is -0.680. The molecule has 0 radical (unpaired) electrons. The first kappa shape index (κ1) is 13.4. The minimum absolute atomic E-state index is 0.0465. The quantitative estimate of drug-likeness (QED) is 0.824.